The van der Waals surface area contributed by atoms with Gasteiger partial charge in [-0.25, -0.2) is 4.98 Å². The van der Waals surface area contributed by atoms with Crippen molar-refractivity contribution in [1.29, 1.82) is 0 Å². The summed E-state index contributed by atoms with van der Waals surface area (Å²) in [6, 6.07) is 0. The Balaban J connectivity index is 2.47. The molecule has 0 aliphatic heterocycles. The fourth-order valence-corrected chi connectivity index (χ4v) is 2.51. The number of rotatable bonds is 3. The second kappa shape index (κ2) is 4.47. The van der Waals surface area contributed by atoms with Gasteiger partial charge in [-0.05, 0) is 6.92 Å². The molecule has 0 aliphatic rings. The summed E-state index contributed by atoms with van der Waals surface area (Å²) in [7, 11) is 1.64. The van der Waals surface area contributed by atoms with Crippen LogP contribution in [0.1, 0.15) is 6.92 Å². The Hall–Kier alpha value is -0.550. The highest BCUT2D eigenvalue weighted by Crippen LogP contribution is 2.24. The van der Waals surface area contributed by atoms with E-state index in [1.54, 1.807) is 24.6 Å². The van der Waals surface area contributed by atoms with Crippen LogP contribution in [-0.4, -0.2) is 23.2 Å². The monoisotopic (exact) mass is 202 g/mol. The lowest BCUT2D eigenvalue weighted by atomic mass is 10.4. The first-order chi connectivity index (χ1) is 5.74. The molecule has 0 radical (unpaired) electrons. The van der Waals surface area contributed by atoms with Crippen molar-refractivity contribution in [2.45, 2.75) is 16.5 Å². The number of nitrogens with one attached hydrogen (secondary N) is 1. The molecule has 0 aliphatic carbocycles. The molecule has 0 aromatic carbocycles. The molecule has 0 saturated heterocycles. The summed E-state index contributed by atoms with van der Waals surface area (Å²) in [5, 5.41) is 4.43. The number of thioether (sulfide) groups is 1. The molecule has 1 unspecified atom stereocenters. The number of aromatic nitrogens is 1. The van der Waals surface area contributed by atoms with Gasteiger partial charge in [0.15, 0.2) is 4.34 Å². The van der Waals surface area contributed by atoms with E-state index in [1.165, 1.54) is 11.8 Å². The fraction of sp³-hybridized carbons (Fsp3) is 0.429. The Morgan fingerprint density at radius 3 is 3.08 bits per heavy atom. The van der Waals surface area contributed by atoms with Crippen molar-refractivity contribution in [3.8, 4) is 0 Å². The number of amides is 1. The van der Waals surface area contributed by atoms with Crippen molar-refractivity contribution in [3.63, 3.8) is 0 Å². The van der Waals surface area contributed by atoms with E-state index in [-0.39, 0.29) is 11.2 Å². The Kier molecular flexibility index (Phi) is 3.55. The number of hydrogen-bond acceptors (Lipinski definition) is 4. The molecule has 5 heteroatoms. The fourth-order valence-electron chi connectivity index (χ4n) is 0.677. The third-order valence-electron chi connectivity index (χ3n) is 1.30. The van der Waals surface area contributed by atoms with Crippen LogP contribution in [0.15, 0.2) is 15.9 Å². The van der Waals surface area contributed by atoms with E-state index in [4.69, 9.17) is 0 Å². The van der Waals surface area contributed by atoms with Gasteiger partial charge in [0, 0.05) is 18.6 Å². The molecule has 1 aromatic heterocycles. The van der Waals surface area contributed by atoms with Gasteiger partial charge >= 0.3 is 0 Å². The molecule has 1 atom stereocenters. The van der Waals surface area contributed by atoms with Crippen molar-refractivity contribution in [1.82, 2.24) is 10.3 Å². The molecule has 3 nitrogen and oxygen atoms in total. The molecule has 0 spiro atoms. The lowest BCUT2D eigenvalue weighted by Gasteiger charge is -2.05. The summed E-state index contributed by atoms with van der Waals surface area (Å²) in [6.45, 7) is 1.87. The van der Waals surface area contributed by atoms with Gasteiger partial charge in [0.1, 0.15) is 0 Å². The van der Waals surface area contributed by atoms with Crippen LogP contribution in [0, 0.1) is 0 Å². The third-order valence-corrected chi connectivity index (χ3v) is 3.32. The summed E-state index contributed by atoms with van der Waals surface area (Å²) < 4.78 is 0.936. The molecule has 0 saturated carbocycles. The normalized spacial score (nSPS) is 12.5. The van der Waals surface area contributed by atoms with Crippen LogP contribution in [0.4, 0.5) is 0 Å². The predicted molar refractivity (Wildman–Crippen MR) is 51.5 cm³/mol. The molecule has 1 rings (SSSR count). The molecule has 1 N–H and O–H groups in total. The van der Waals surface area contributed by atoms with Gasteiger partial charge in [0.2, 0.25) is 5.91 Å². The summed E-state index contributed by atoms with van der Waals surface area (Å²) in [5.41, 5.74) is 0. The smallest absolute Gasteiger partial charge is 0.233 e. The van der Waals surface area contributed by atoms with Crippen molar-refractivity contribution in [3.05, 3.63) is 11.6 Å². The maximum atomic E-state index is 11.1. The average molecular weight is 202 g/mol. The highest BCUT2D eigenvalue weighted by Gasteiger charge is 2.13. The van der Waals surface area contributed by atoms with Gasteiger partial charge in [-0.1, -0.05) is 11.8 Å². The molecular formula is C7H10N2OS2. The topological polar surface area (TPSA) is 42.0 Å². The van der Waals surface area contributed by atoms with Crippen LogP contribution in [0.5, 0.6) is 0 Å². The van der Waals surface area contributed by atoms with Crippen molar-refractivity contribution >= 4 is 29.0 Å². The van der Waals surface area contributed by atoms with E-state index in [2.05, 4.69) is 10.3 Å². The predicted octanol–water partition coefficient (Wildman–Crippen LogP) is 1.37. The van der Waals surface area contributed by atoms with Crippen molar-refractivity contribution < 1.29 is 4.79 Å². The highest BCUT2D eigenvalue weighted by atomic mass is 32.2. The SMILES string of the molecule is CNC(=O)C(C)Sc1nccs1. The summed E-state index contributed by atoms with van der Waals surface area (Å²) in [6.07, 6.45) is 1.74. The quantitative estimate of drug-likeness (QED) is 0.753. The van der Waals surface area contributed by atoms with Crippen LogP contribution in [0.3, 0.4) is 0 Å². The number of hydrogen-bond donors (Lipinski definition) is 1. The molecule has 0 bridgehead atoms. The van der Waals surface area contributed by atoms with E-state index >= 15 is 0 Å². The number of carbonyl (C=O) groups is 1. The van der Waals surface area contributed by atoms with Gasteiger partial charge in [0.25, 0.3) is 0 Å². The highest BCUT2D eigenvalue weighted by molar-refractivity contribution is 8.02. The minimum Gasteiger partial charge on any atom is -0.358 e. The number of nitrogens with zero attached hydrogens (tertiary/aromatic N) is 1. The average Bonchev–Trinajstić information content (AvgIpc) is 2.55. The van der Waals surface area contributed by atoms with E-state index in [0.717, 1.165) is 4.34 Å². The van der Waals surface area contributed by atoms with Crippen LogP contribution in [0.2, 0.25) is 0 Å². The molecule has 66 valence electrons. The summed E-state index contributed by atoms with van der Waals surface area (Å²) in [4.78, 5) is 15.2. The Labute approximate surface area is 79.6 Å². The minimum absolute atomic E-state index is 0.0372. The van der Waals surface area contributed by atoms with Crippen molar-refractivity contribution in [2.75, 3.05) is 7.05 Å². The standard InChI is InChI=1S/C7H10N2OS2/c1-5(6(10)8-2)12-7-9-3-4-11-7/h3-5H,1-2H3,(H,8,10). The van der Waals surface area contributed by atoms with Gasteiger partial charge in [-0.15, -0.1) is 11.3 Å². The van der Waals surface area contributed by atoms with Gasteiger partial charge in [0.05, 0.1) is 5.25 Å². The zero-order valence-electron chi connectivity index (χ0n) is 6.90. The van der Waals surface area contributed by atoms with E-state index in [0.29, 0.717) is 0 Å². The maximum absolute atomic E-state index is 11.1. The van der Waals surface area contributed by atoms with E-state index < -0.39 is 0 Å². The molecule has 12 heavy (non-hydrogen) atoms. The molecule has 1 amide bonds. The zero-order chi connectivity index (χ0) is 8.97. The number of carbonyl (C=O) groups excluding carboxylic acids is 1. The maximum Gasteiger partial charge on any atom is 0.233 e. The Morgan fingerprint density at radius 2 is 2.58 bits per heavy atom. The lowest BCUT2D eigenvalue weighted by Crippen LogP contribution is -2.26. The first-order valence-electron chi connectivity index (χ1n) is 3.51. The largest absolute Gasteiger partial charge is 0.358 e. The second-order valence-corrected chi connectivity index (χ2v) is 4.65. The third kappa shape index (κ3) is 2.49. The second-order valence-electron chi connectivity index (χ2n) is 2.17. The van der Waals surface area contributed by atoms with Crippen LogP contribution >= 0.6 is 23.1 Å². The first-order valence-corrected chi connectivity index (χ1v) is 5.27. The van der Waals surface area contributed by atoms with E-state index in [9.17, 15) is 4.79 Å². The van der Waals surface area contributed by atoms with E-state index in [1.807, 2.05) is 12.3 Å². The van der Waals surface area contributed by atoms with Gasteiger partial charge < -0.3 is 5.32 Å². The van der Waals surface area contributed by atoms with Crippen molar-refractivity contribution in [2.24, 2.45) is 0 Å². The molecule has 1 heterocycles. The van der Waals surface area contributed by atoms with Crippen LogP contribution in [-0.2, 0) is 4.79 Å². The Bertz CT molecular complexity index is 248. The van der Waals surface area contributed by atoms with Crippen LogP contribution < -0.4 is 5.32 Å². The van der Waals surface area contributed by atoms with Crippen LogP contribution in [0.25, 0.3) is 0 Å². The van der Waals surface area contributed by atoms with Gasteiger partial charge in [-0.2, -0.15) is 0 Å². The molecular weight excluding hydrogens is 192 g/mol. The van der Waals surface area contributed by atoms with Gasteiger partial charge in [-0.3, -0.25) is 4.79 Å². The summed E-state index contributed by atoms with van der Waals surface area (Å²) in [5.74, 6) is 0.0372. The summed E-state index contributed by atoms with van der Waals surface area (Å²) >= 11 is 3.03. The number of thiazole rings is 1. The zero-order valence-corrected chi connectivity index (χ0v) is 8.54. The minimum atomic E-state index is -0.0684. The lowest BCUT2D eigenvalue weighted by molar-refractivity contribution is -0.119. The Morgan fingerprint density at radius 1 is 1.83 bits per heavy atom. The first kappa shape index (κ1) is 9.54. The molecule has 1 aromatic rings. The molecule has 0 fully saturated rings.